The number of fused-ring (bicyclic) bond motifs is 1. The van der Waals surface area contributed by atoms with E-state index in [9.17, 15) is 8.42 Å². The highest BCUT2D eigenvalue weighted by atomic mass is 32.2. The lowest BCUT2D eigenvalue weighted by Gasteiger charge is -2.42. The summed E-state index contributed by atoms with van der Waals surface area (Å²) >= 11 is 0. The summed E-state index contributed by atoms with van der Waals surface area (Å²) in [5.41, 5.74) is 0.839. The van der Waals surface area contributed by atoms with E-state index in [-0.39, 0.29) is 11.2 Å². The molecule has 7 heteroatoms. The highest BCUT2D eigenvalue weighted by Gasteiger charge is 2.39. The number of aromatic nitrogens is 3. The van der Waals surface area contributed by atoms with E-state index in [1.165, 1.54) is 0 Å². The Morgan fingerprint density at radius 1 is 1.24 bits per heavy atom. The van der Waals surface area contributed by atoms with Crippen LogP contribution in [0.25, 0.3) is 11.0 Å². The van der Waals surface area contributed by atoms with Crippen LogP contribution < -0.4 is 4.90 Å². The molecule has 0 spiro atoms. The van der Waals surface area contributed by atoms with Gasteiger partial charge in [-0.3, -0.25) is 0 Å². The van der Waals surface area contributed by atoms with Crippen LogP contribution in [0.3, 0.4) is 0 Å². The molecule has 2 unspecified atom stereocenters. The molecule has 2 aromatic heterocycles. The summed E-state index contributed by atoms with van der Waals surface area (Å²) in [5, 5.41) is 0.918. The lowest BCUT2D eigenvalue weighted by molar-refractivity contribution is 0.281. The zero-order valence-corrected chi connectivity index (χ0v) is 15.7. The summed E-state index contributed by atoms with van der Waals surface area (Å²) in [7, 11) is -0.897. The molecule has 6 nitrogen and oxygen atoms in total. The van der Waals surface area contributed by atoms with Gasteiger partial charge in [-0.15, -0.1) is 0 Å². The van der Waals surface area contributed by atoms with Gasteiger partial charge < -0.3 is 9.88 Å². The van der Waals surface area contributed by atoms with Crippen LogP contribution in [0.15, 0.2) is 18.6 Å². The first-order valence-corrected chi connectivity index (χ1v) is 10.9. The SMILES string of the molecule is CC1CCC(S(=O)(=O)CC2CC(N(C)c3ncnc4[nH]ccc34)C2)C1. The molecule has 1 N–H and O–H groups in total. The Bertz CT molecular complexity index is 857. The molecule has 2 aliphatic rings. The summed E-state index contributed by atoms with van der Waals surface area (Å²) in [6.45, 7) is 2.16. The number of sulfone groups is 1. The Morgan fingerprint density at radius 3 is 2.76 bits per heavy atom. The average molecular weight is 362 g/mol. The van der Waals surface area contributed by atoms with E-state index in [1.807, 2.05) is 19.3 Å². The van der Waals surface area contributed by atoms with Crippen molar-refractivity contribution in [2.45, 2.75) is 50.3 Å². The number of anilines is 1. The fourth-order valence-corrected chi connectivity index (χ4v) is 6.73. The highest BCUT2D eigenvalue weighted by molar-refractivity contribution is 7.92. The highest BCUT2D eigenvalue weighted by Crippen LogP contribution is 2.38. The molecule has 2 atom stereocenters. The predicted molar refractivity (Wildman–Crippen MR) is 99.4 cm³/mol. The van der Waals surface area contributed by atoms with Crippen LogP contribution in [0.2, 0.25) is 0 Å². The van der Waals surface area contributed by atoms with Gasteiger partial charge in [-0.25, -0.2) is 18.4 Å². The molecule has 4 rings (SSSR count). The minimum Gasteiger partial charge on any atom is -0.356 e. The smallest absolute Gasteiger partial charge is 0.153 e. The molecule has 25 heavy (non-hydrogen) atoms. The zero-order valence-electron chi connectivity index (χ0n) is 14.9. The number of aromatic amines is 1. The zero-order chi connectivity index (χ0) is 17.6. The summed E-state index contributed by atoms with van der Waals surface area (Å²) in [6.07, 6.45) is 8.06. The van der Waals surface area contributed by atoms with E-state index in [1.54, 1.807) is 6.33 Å². The third-order valence-corrected chi connectivity index (χ3v) is 8.43. The number of hydrogen-bond donors (Lipinski definition) is 1. The van der Waals surface area contributed by atoms with E-state index < -0.39 is 9.84 Å². The van der Waals surface area contributed by atoms with Crippen LogP contribution in [0.5, 0.6) is 0 Å². The van der Waals surface area contributed by atoms with Crippen LogP contribution in [0, 0.1) is 11.8 Å². The minimum atomic E-state index is -2.94. The third-order valence-electron chi connectivity index (χ3n) is 6.05. The van der Waals surface area contributed by atoms with Crippen LogP contribution in [0.1, 0.15) is 39.0 Å². The van der Waals surface area contributed by atoms with Gasteiger partial charge in [0.05, 0.1) is 16.4 Å². The van der Waals surface area contributed by atoms with Crippen LogP contribution in [0.4, 0.5) is 5.82 Å². The summed E-state index contributed by atoms with van der Waals surface area (Å²) < 4.78 is 25.3. The van der Waals surface area contributed by atoms with Gasteiger partial charge in [0.2, 0.25) is 0 Å². The Balaban J connectivity index is 1.38. The fourth-order valence-electron chi connectivity index (χ4n) is 4.41. The number of H-pyrrole nitrogens is 1. The van der Waals surface area contributed by atoms with Gasteiger partial charge in [-0.2, -0.15) is 0 Å². The normalized spacial score (nSPS) is 29.7. The second kappa shape index (κ2) is 6.27. The van der Waals surface area contributed by atoms with Gasteiger partial charge in [-0.05, 0) is 50.0 Å². The van der Waals surface area contributed by atoms with Gasteiger partial charge in [0.1, 0.15) is 17.8 Å². The molecule has 2 saturated carbocycles. The van der Waals surface area contributed by atoms with Gasteiger partial charge in [-0.1, -0.05) is 6.92 Å². The van der Waals surface area contributed by atoms with E-state index in [2.05, 4.69) is 26.8 Å². The molecule has 0 saturated heterocycles. The Labute approximate surface area is 149 Å². The average Bonchev–Trinajstić information content (AvgIpc) is 3.18. The standard InChI is InChI=1S/C18H26N4O2S/c1-12-3-4-15(7-12)25(23,24)10-13-8-14(9-13)22(2)18-16-5-6-19-17(16)20-11-21-18/h5-6,11-15H,3-4,7-10H2,1-2H3,(H,19,20,21). The molecule has 0 amide bonds. The molecule has 2 aliphatic carbocycles. The summed E-state index contributed by atoms with van der Waals surface area (Å²) in [4.78, 5) is 13.9. The monoisotopic (exact) mass is 362 g/mol. The van der Waals surface area contributed by atoms with Gasteiger partial charge in [0, 0.05) is 19.3 Å². The topological polar surface area (TPSA) is 79.0 Å². The second-order valence-electron chi connectivity index (χ2n) is 7.91. The number of nitrogens with zero attached hydrogens (tertiary/aromatic N) is 3. The van der Waals surface area contributed by atoms with Crippen molar-refractivity contribution in [3.63, 3.8) is 0 Å². The minimum absolute atomic E-state index is 0.0966. The molecule has 0 radical (unpaired) electrons. The maximum absolute atomic E-state index is 12.6. The molecule has 0 bridgehead atoms. The van der Waals surface area contributed by atoms with Gasteiger partial charge in [0.25, 0.3) is 0 Å². The predicted octanol–water partition coefficient (Wildman–Crippen LogP) is 2.78. The van der Waals surface area contributed by atoms with Crippen molar-refractivity contribution in [2.75, 3.05) is 17.7 Å². The molecular formula is C18H26N4O2S. The molecule has 2 fully saturated rings. The lowest BCUT2D eigenvalue weighted by Crippen LogP contribution is -2.46. The summed E-state index contributed by atoms with van der Waals surface area (Å²) in [5.74, 6) is 2.12. The number of nitrogens with one attached hydrogen (secondary N) is 1. The third kappa shape index (κ3) is 3.14. The largest absolute Gasteiger partial charge is 0.356 e. The number of rotatable bonds is 5. The van der Waals surface area contributed by atoms with E-state index in [4.69, 9.17) is 0 Å². The summed E-state index contributed by atoms with van der Waals surface area (Å²) in [6, 6.07) is 2.35. The van der Waals surface area contributed by atoms with Crippen molar-refractivity contribution in [3.05, 3.63) is 18.6 Å². The molecule has 0 aliphatic heterocycles. The Kier molecular flexibility index (Phi) is 4.22. The molecular weight excluding hydrogens is 336 g/mol. The maximum atomic E-state index is 12.6. The molecule has 2 aromatic rings. The van der Waals surface area contributed by atoms with Gasteiger partial charge in [0.15, 0.2) is 9.84 Å². The van der Waals surface area contributed by atoms with Gasteiger partial charge >= 0.3 is 0 Å². The van der Waals surface area contributed by atoms with E-state index in [0.29, 0.717) is 17.7 Å². The lowest BCUT2D eigenvalue weighted by atomic mass is 9.81. The second-order valence-corrected chi connectivity index (χ2v) is 10.2. The first-order valence-electron chi connectivity index (χ1n) is 9.16. The molecule has 136 valence electrons. The van der Waals surface area contributed by atoms with Crippen molar-refractivity contribution in [2.24, 2.45) is 11.8 Å². The quantitative estimate of drug-likeness (QED) is 0.885. The van der Waals surface area contributed by atoms with E-state index in [0.717, 1.165) is 49.0 Å². The van der Waals surface area contributed by atoms with Crippen molar-refractivity contribution < 1.29 is 8.42 Å². The Hall–Kier alpha value is -1.63. The van der Waals surface area contributed by atoms with E-state index >= 15 is 0 Å². The van der Waals surface area contributed by atoms with Crippen molar-refractivity contribution in [1.29, 1.82) is 0 Å². The first kappa shape index (κ1) is 16.8. The van der Waals surface area contributed by atoms with Crippen LogP contribution in [-0.2, 0) is 9.84 Å². The first-order chi connectivity index (χ1) is 11.9. The number of hydrogen-bond acceptors (Lipinski definition) is 5. The Morgan fingerprint density at radius 2 is 2.04 bits per heavy atom. The molecule has 2 heterocycles. The molecule has 0 aromatic carbocycles. The van der Waals surface area contributed by atoms with Crippen molar-refractivity contribution in [3.8, 4) is 0 Å². The van der Waals surface area contributed by atoms with Crippen molar-refractivity contribution >= 4 is 26.7 Å². The van der Waals surface area contributed by atoms with Crippen LogP contribution in [-0.4, -0.2) is 47.5 Å². The fraction of sp³-hybridized carbons (Fsp3) is 0.667. The van der Waals surface area contributed by atoms with Crippen molar-refractivity contribution in [1.82, 2.24) is 15.0 Å². The maximum Gasteiger partial charge on any atom is 0.153 e. The van der Waals surface area contributed by atoms with Crippen LogP contribution >= 0.6 is 0 Å².